The maximum atomic E-state index is 12.0. The lowest BCUT2D eigenvalue weighted by molar-refractivity contribution is -0.145. The second-order valence-electron chi connectivity index (χ2n) is 4.59. The first-order valence-electron chi connectivity index (χ1n) is 6.27. The Bertz CT molecular complexity index is 409. The van der Waals surface area contributed by atoms with Crippen LogP contribution in [0.1, 0.15) is 35.6 Å². The van der Waals surface area contributed by atoms with E-state index in [1.807, 2.05) is 19.9 Å². The van der Waals surface area contributed by atoms with Gasteiger partial charge in [0.05, 0.1) is 6.61 Å². The van der Waals surface area contributed by atoms with Crippen LogP contribution in [0.4, 0.5) is 0 Å². The Morgan fingerprint density at radius 3 is 2.89 bits per heavy atom. The van der Waals surface area contributed by atoms with E-state index in [1.165, 1.54) is 17.7 Å². The number of hydrogen-bond donors (Lipinski definition) is 1. The van der Waals surface area contributed by atoms with Crippen LogP contribution < -0.4 is 5.32 Å². The fourth-order valence-electron chi connectivity index (χ4n) is 1.76. The van der Waals surface area contributed by atoms with Crippen molar-refractivity contribution in [3.63, 3.8) is 0 Å². The molecule has 1 fully saturated rings. The lowest BCUT2D eigenvalue weighted by Crippen LogP contribution is -2.31. The second-order valence-corrected chi connectivity index (χ2v) is 6.73. The zero-order valence-corrected chi connectivity index (χ0v) is 13.1. The third-order valence-electron chi connectivity index (χ3n) is 2.99. The van der Waals surface area contributed by atoms with Crippen molar-refractivity contribution in [2.24, 2.45) is 5.92 Å². The summed E-state index contributed by atoms with van der Waals surface area (Å²) in [4.78, 5) is 14.2. The lowest BCUT2D eigenvalue weighted by atomic mass is 10.2. The Morgan fingerprint density at radius 1 is 1.67 bits per heavy atom. The van der Waals surface area contributed by atoms with Gasteiger partial charge in [-0.3, -0.25) is 5.32 Å². The summed E-state index contributed by atoms with van der Waals surface area (Å²) in [6.07, 6.45) is 2.55. The highest BCUT2D eigenvalue weighted by Gasteiger charge is 2.28. The monoisotopic (exact) mass is 331 g/mol. The smallest absolute Gasteiger partial charge is 0.328 e. The van der Waals surface area contributed by atoms with Crippen molar-refractivity contribution in [2.75, 3.05) is 13.2 Å². The first-order valence-corrected chi connectivity index (χ1v) is 7.88. The zero-order chi connectivity index (χ0) is 13.1. The Labute approximate surface area is 120 Å². The van der Waals surface area contributed by atoms with Gasteiger partial charge in [0.15, 0.2) is 0 Å². The van der Waals surface area contributed by atoms with Gasteiger partial charge < -0.3 is 4.74 Å². The summed E-state index contributed by atoms with van der Waals surface area (Å²) < 4.78 is 6.21. The van der Waals surface area contributed by atoms with Gasteiger partial charge in [-0.2, -0.15) is 0 Å². The molecule has 0 spiro atoms. The van der Waals surface area contributed by atoms with Gasteiger partial charge in [0.25, 0.3) is 0 Å². The molecule has 1 unspecified atom stereocenters. The molecule has 1 N–H and O–H groups in total. The Morgan fingerprint density at radius 2 is 2.39 bits per heavy atom. The normalized spacial score (nSPS) is 16.6. The molecule has 0 saturated heterocycles. The van der Waals surface area contributed by atoms with Crippen LogP contribution >= 0.6 is 27.3 Å². The van der Waals surface area contributed by atoms with Crippen molar-refractivity contribution in [3.05, 3.63) is 20.3 Å². The van der Waals surface area contributed by atoms with Gasteiger partial charge in [-0.05, 0) is 61.1 Å². The van der Waals surface area contributed by atoms with Gasteiger partial charge in [0.1, 0.15) is 6.04 Å². The number of carbonyl (C=O) groups is 1. The van der Waals surface area contributed by atoms with Gasteiger partial charge in [-0.1, -0.05) is 0 Å². The minimum Gasteiger partial charge on any atom is -0.465 e. The van der Waals surface area contributed by atoms with E-state index in [0.29, 0.717) is 6.61 Å². The van der Waals surface area contributed by atoms with E-state index in [2.05, 4.69) is 21.2 Å². The predicted octanol–water partition coefficient (Wildman–Crippen LogP) is 3.42. The molecule has 1 atom stereocenters. The summed E-state index contributed by atoms with van der Waals surface area (Å²) in [5.74, 6) is 0.568. The summed E-state index contributed by atoms with van der Waals surface area (Å²) in [6.45, 7) is 5.21. The number of rotatable bonds is 6. The first kappa shape index (κ1) is 14.0. The van der Waals surface area contributed by atoms with E-state index in [0.717, 1.165) is 21.8 Å². The van der Waals surface area contributed by atoms with Crippen molar-refractivity contribution in [1.29, 1.82) is 0 Å². The molecule has 5 heteroatoms. The molecule has 0 aliphatic heterocycles. The number of aryl methyl sites for hydroxylation is 1. The van der Waals surface area contributed by atoms with E-state index in [1.54, 1.807) is 11.3 Å². The molecule has 1 aromatic rings. The Balaban J connectivity index is 2.08. The molecule has 0 amide bonds. The van der Waals surface area contributed by atoms with Crippen LogP contribution in [0.15, 0.2) is 10.5 Å². The summed E-state index contributed by atoms with van der Waals surface area (Å²) >= 11 is 5.13. The standard InChI is InChI=1S/C13H18BrNO2S/c1-3-17-13(16)12(15-7-9-4-5-9)11-6-10(14)8(2)18-11/h6,9,12,15H,3-5,7H2,1-2H3. The van der Waals surface area contributed by atoms with Crippen LogP contribution in [0.25, 0.3) is 0 Å². The molecule has 0 radical (unpaired) electrons. The van der Waals surface area contributed by atoms with E-state index in [9.17, 15) is 4.79 Å². The number of carbonyl (C=O) groups excluding carboxylic acids is 1. The molecule has 18 heavy (non-hydrogen) atoms. The van der Waals surface area contributed by atoms with Crippen LogP contribution in [-0.2, 0) is 9.53 Å². The van der Waals surface area contributed by atoms with Gasteiger partial charge in [0.2, 0.25) is 0 Å². The molecular weight excluding hydrogens is 314 g/mol. The summed E-state index contributed by atoms with van der Waals surface area (Å²) in [5.41, 5.74) is 0. The minimum atomic E-state index is -0.319. The van der Waals surface area contributed by atoms with Gasteiger partial charge in [0, 0.05) is 14.2 Å². The molecule has 3 nitrogen and oxygen atoms in total. The van der Waals surface area contributed by atoms with Crippen LogP contribution in [0.3, 0.4) is 0 Å². The van der Waals surface area contributed by atoms with Crippen LogP contribution in [0, 0.1) is 12.8 Å². The molecule has 2 rings (SSSR count). The summed E-state index contributed by atoms with van der Waals surface area (Å²) in [5, 5.41) is 3.34. The highest BCUT2D eigenvalue weighted by Crippen LogP contribution is 2.33. The molecule has 1 aliphatic carbocycles. The molecule has 100 valence electrons. The van der Waals surface area contributed by atoms with Crippen LogP contribution in [0.5, 0.6) is 0 Å². The molecule has 1 heterocycles. The van der Waals surface area contributed by atoms with Crippen molar-refractivity contribution in [2.45, 2.75) is 32.7 Å². The number of hydrogen-bond acceptors (Lipinski definition) is 4. The quantitative estimate of drug-likeness (QED) is 0.811. The fraction of sp³-hybridized carbons (Fsp3) is 0.615. The average molecular weight is 332 g/mol. The fourth-order valence-corrected chi connectivity index (χ4v) is 3.38. The van der Waals surface area contributed by atoms with Crippen LogP contribution in [-0.4, -0.2) is 19.1 Å². The molecule has 0 bridgehead atoms. The summed E-state index contributed by atoms with van der Waals surface area (Å²) in [6, 6.07) is 1.70. The topological polar surface area (TPSA) is 38.3 Å². The highest BCUT2D eigenvalue weighted by molar-refractivity contribution is 9.10. The maximum absolute atomic E-state index is 12.0. The number of ether oxygens (including phenoxy) is 1. The molecular formula is C13H18BrNO2S. The van der Waals surface area contributed by atoms with E-state index >= 15 is 0 Å². The number of halogens is 1. The number of thiophene rings is 1. The second kappa shape index (κ2) is 6.17. The van der Waals surface area contributed by atoms with Gasteiger partial charge >= 0.3 is 5.97 Å². The lowest BCUT2D eigenvalue weighted by Gasteiger charge is -2.15. The number of esters is 1. The molecule has 1 aliphatic rings. The van der Waals surface area contributed by atoms with Gasteiger partial charge in [-0.25, -0.2) is 4.79 Å². The average Bonchev–Trinajstić information content (AvgIpc) is 3.07. The van der Waals surface area contributed by atoms with Crippen molar-refractivity contribution >= 4 is 33.2 Å². The van der Waals surface area contributed by atoms with Crippen molar-refractivity contribution in [3.8, 4) is 0 Å². The largest absolute Gasteiger partial charge is 0.465 e. The molecule has 0 aromatic carbocycles. The first-order chi connectivity index (χ1) is 8.61. The SMILES string of the molecule is CCOC(=O)C(NCC1CC1)c1cc(Br)c(C)s1. The van der Waals surface area contributed by atoms with E-state index < -0.39 is 0 Å². The molecule has 1 saturated carbocycles. The molecule has 1 aromatic heterocycles. The third kappa shape index (κ3) is 3.56. The van der Waals surface area contributed by atoms with E-state index in [-0.39, 0.29) is 12.0 Å². The van der Waals surface area contributed by atoms with Crippen molar-refractivity contribution < 1.29 is 9.53 Å². The summed E-state index contributed by atoms with van der Waals surface area (Å²) in [7, 11) is 0. The number of nitrogens with one attached hydrogen (secondary N) is 1. The van der Waals surface area contributed by atoms with Crippen LogP contribution in [0.2, 0.25) is 0 Å². The zero-order valence-electron chi connectivity index (χ0n) is 10.7. The van der Waals surface area contributed by atoms with Gasteiger partial charge in [-0.15, -0.1) is 11.3 Å². The maximum Gasteiger partial charge on any atom is 0.328 e. The predicted molar refractivity (Wildman–Crippen MR) is 76.9 cm³/mol. The van der Waals surface area contributed by atoms with Crippen molar-refractivity contribution in [1.82, 2.24) is 5.32 Å². The van der Waals surface area contributed by atoms with E-state index in [4.69, 9.17) is 4.74 Å². The Kier molecular flexibility index (Phi) is 4.81. The minimum absolute atomic E-state index is 0.174. The third-order valence-corrected chi connectivity index (χ3v) is 5.19. The highest BCUT2D eigenvalue weighted by atomic mass is 79.9. The Hall–Kier alpha value is -0.390.